The number of rotatable bonds is 12. The lowest BCUT2D eigenvalue weighted by Gasteiger charge is -2.09. The highest BCUT2D eigenvalue weighted by Gasteiger charge is 2.05. The van der Waals surface area contributed by atoms with Crippen LogP contribution in [0.5, 0.6) is 0 Å². The molecule has 0 spiro atoms. The molecule has 198 valence electrons. The third-order valence-electron chi connectivity index (χ3n) is 5.75. The fourth-order valence-electron chi connectivity index (χ4n) is 3.83. The molecule has 1 aromatic heterocycles. The first kappa shape index (κ1) is 31.3. The van der Waals surface area contributed by atoms with Gasteiger partial charge in [0.15, 0.2) is 11.9 Å². The van der Waals surface area contributed by atoms with Crippen LogP contribution in [0, 0.1) is 0 Å². The van der Waals surface area contributed by atoms with E-state index in [1.54, 1.807) is 0 Å². The zero-order chi connectivity index (χ0) is 24.2. The van der Waals surface area contributed by atoms with Crippen molar-refractivity contribution >= 4 is 69.9 Å². The number of pyridine rings is 1. The van der Waals surface area contributed by atoms with Crippen LogP contribution in [0.25, 0.3) is 21.8 Å². The lowest BCUT2D eigenvalue weighted by Crippen LogP contribution is -2.22. The van der Waals surface area contributed by atoms with E-state index >= 15 is 0 Å². The Morgan fingerprint density at radius 3 is 1.53 bits per heavy atom. The topological polar surface area (TPSA) is 114 Å². The first-order valence-electron chi connectivity index (χ1n) is 12.6. The molecule has 2 aromatic carbocycles. The fraction of sp³-hybridized carbons (Fsp3) is 0.444. The molecule has 3 rings (SSSR count). The first-order chi connectivity index (χ1) is 16.6. The summed E-state index contributed by atoms with van der Waals surface area (Å²) in [6, 6.07) is 14.2. The van der Waals surface area contributed by atoms with Crippen molar-refractivity contribution in [2.45, 2.75) is 65.2 Å². The lowest BCUT2D eigenvalue weighted by molar-refractivity contribution is 0.675. The summed E-state index contributed by atoms with van der Waals surface area (Å²) >= 11 is 0. The predicted molar refractivity (Wildman–Crippen MR) is 162 cm³/mol. The Balaban J connectivity index is 0.00000324. The van der Waals surface area contributed by atoms with E-state index in [-0.39, 0.29) is 24.8 Å². The van der Waals surface area contributed by atoms with E-state index in [9.17, 15) is 0 Å². The number of aliphatic imine (C=N–C) groups is 2. The zero-order valence-corrected chi connectivity index (χ0v) is 23.1. The van der Waals surface area contributed by atoms with Crippen molar-refractivity contribution in [1.82, 2.24) is 4.98 Å². The minimum atomic E-state index is 0. The Bertz CT molecular complexity index is 1050. The lowest BCUT2D eigenvalue weighted by atomic mass is 10.1. The van der Waals surface area contributed by atoms with E-state index in [2.05, 4.69) is 40.5 Å². The van der Waals surface area contributed by atoms with Crippen molar-refractivity contribution in [2.24, 2.45) is 21.5 Å². The van der Waals surface area contributed by atoms with E-state index < -0.39 is 0 Å². The van der Waals surface area contributed by atoms with Crippen LogP contribution in [-0.2, 0) is 0 Å². The van der Waals surface area contributed by atoms with Crippen LogP contribution in [0.1, 0.15) is 65.2 Å². The predicted octanol–water partition coefficient (Wildman–Crippen LogP) is 6.85. The van der Waals surface area contributed by atoms with Crippen LogP contribution >= 0.6 is 24.8 Å². The molecule has 6 N–H and O–H groups in total. The quantitative estimate of drug-likeness (QED) is 0.0879. The van der Waals surface area contributed by atoms with E-state index in [1.807, 2.05) is 36.4 Å². The van der Waals surface area contributed by atoms with E-state index in [4.69, 9.17) is 16.5 Å². The molecular weight excluding hydrogens is 493 g/mol. The molecule has 0 amide bonds. The van der Waals surface area contributed by atoms with Gasteiger partial charge >= 0.3 is 0 Å². The average Bonchev–Trinajstić information content (AvgIpc) is 2.82. The Labute approximate surface area is 227 Å². The molecule has 0 aliphatic heterocycles. The number of fused-ring (bicyclic) bond motifs is 2. The van der Waals surface area contributed by atoms with Crippen LogP contribution in [0.2, 0.25) is 0 Å². The SMILES string of the molecule is CCCCCCN=C(N)Nc1ccc2cc3ccc(NC(N)=NCCCCCC)cc3nc2c1.Cl.Cl. The molecule has 7 nitrogen and oxygen atoms in total. The monoisotopic (exact) mass is 533 g/mol. The Hall–Kier alpha value is -2.77. The number of anilines is 2. The number of nitrogens with one attached hydrogen (secondary N) is 2. The van der Waals surface area contributed by atoms with Crippen LogP contribution in [-0.4, -0.2) is 30.0 Å². The summed E-state index contributed by atoms with van der Waals surface area (Å²) < 4.78 is 0. The summed E-state index contributed by atoms with van der Waals surface area (Å²) in [7, 11) is 0. The molecule has 0 bridgehead atoms. The minimum absolute atomic E-state index is 0. The average molecular weight is 535 g/mol. The van der Waals surface area contributed by atoms with Crippen molar-refractivity contribution in [3.63, 3.8) is 0 Å². The molecule has 9 heteroatoms. The largest absolute Gasteiger partial charge is 0.370 e. The number of benzene rings is 2. The highest BCUT2D eigenvalue weighted by atomic mass is 35.5. The number of unbranched alkanes of at least 4 members (excludes halogenated alkanes) is 6. The molecular formula is C27H41Cl2N7. The van der Waals surface area contributed by atoms with Gasteiger partial charge in [-0.15, -0.1) is 24.8 Å². The van der Waals surface area contributed by atoms with Gasteiger partial charge in [-0.25, -0.2) is 4.98 Å². The third kappa shape index (κ3) is 10.1. The number of hydrogen-bond acceptors (Lipinski definition) is 3. The number of nitrogens with zero attached hydrogens (tertiary/aromatic N) is 3. The van der Waals surface area contributed by atoms with Gasteiger partial charge in [0.25, 0.3) is 0 Å². The summed E-state index contributed by atoms with van der Waals surface area (Å²) in [4.78, 5) is 13.7. The van der Waals surface area contributed by atoms with Crippen molar-refractivity contribution < 1.29 is 0 Å². The standard InChI is InChI=1S/C27H39N7.2ClH/c1-3-5-7-9-15-30-26(28)32-22-13-11-20-17-21-12-14-23(19-25(21)34-24(20)18-22)33-27(29)31-16-10-8-6-4-2;;/h11-14,17-19H,3-10,15-16H2,1-2H3,(H3,28,30,32)(H3,29,31,33);2*1H. The van der Waals surface area contributed by atoms with E-state index in [0.29, 0.717) is 11.9 Å². The molecule has 3 aromatic rings. The Kier molecular flexibility index (Phi) is 14.6. The molecule has 0 radical (unpaired) electrons. The first-order valence-corrected chi connectivity index (χ1v) is 12.6. The van der Waals surface area contributed by atoms with Gasteiger partial charge in [-0.2, -0.15) is 0 Å². The molecule has 0 aliphatic carbocycles. The van der Waals surface area contributed by atoms with Gasteiger partial charge in [-0.1, -0.05) is 64.5 Å². The number of nitrogens with two attached hydrogens (primary N) is 2. The van der Waals surface area contributed by atoms with Crippen molar-refractivity contribution in [3.05, 3.63) is 42.5 Å². The van der Waals surface area contributed by atoms with Crippen LogP contribution < -0.4 is 22.1 Å². The van der Waals surface area contributed by atoms with Gasteiger partial charge in [0.05, 0.1) is 11.0 Å². The molecule has 1 heterocycles. The second-order valence-corrected chi connectivity index (χ2v) is 8.71. The second-order valence-electron chi connectivity index (χ2n) is 8.71. The second kappa shape index (κ2) is 16.8. The Morgan fingerprint density at radius 1 is 0.667 bits per heavy atom. The maximum Gasteiger partial charge on any atom is 0.193 e. The molecule has 0 aliphatic rings. The van der Waals surface area contributed by atoms with Crippen molar-refractivity contribution in [3.8, 4) is 0 Å². The highest BCUT2D eigenvalue weighted by molar-refractivity contribution is 5.99. The van der Waals surface area contributed by atoms with Crippen molar-refractivity contribution in [2.75, 3.05) is 23.7 Å². The van der Waals surface area contributed by atoms with Gasteiger partial charge in [0.1, 0.15) is 0 Å². The maximum absolute atomic E-state index is 6.07. The molecule has 0 saturated carbocycles. The number of hydrogen-bond donors (Lipinski definition) is 4. The highest BCUT2D eigenvalue weighted by Crippen LogP contribution is 2.24. The van der Waals surface area contributed by atoms with Gasteiger partial charge in [0.2, 0.25) is 0 Å². The van der Waals surface area contributed by atoms with Gasteiger partial charge < -0.3 is 22.1 Å². The molecule has 0 saturated heterocycles. The fourth-order valence-corrected chi connectivity index (χ4v) is 3.83. The van der Waals surface area contributed by atoms with Crippen molar-refractivity contribution in [1.29, 1.82) is 0 Å². The van der Waals surface area contributed by atoms with Gasteiger partial charge in [-0.05, 0) is 43.2 Å². The van der Waals surface area contributed by atoms with E-state index in [0.717, 1.165) is 59.1 Å². The van der Waals surface area contributed by atoms with E-state index in [1.165, 1.54) is 38.5 Å². The molecule has 0 fully saturated rings. The zero-order valence-electron chi connectivity index (χ0n) is 21.4. The Morgan fingerprint density at radius 2 is 1.11 bits per heavy atom. The summed E-state index contributed by atoms with van der Waals surface area (Å²) in [5.41, 5.74) is 15.7. The summed E-state index contributed by atoms with van der Waals surface area (Å²) in [6.07, 6.45) is 9.41. The smallest absolute Gasteiger partial charge is 0.193 e. The van der Waals surface area contributed by atoms with Gasteiger partial charge in [0, 0.05) is 35.2 Å². The summed E-state index contributed by atoms with van der Waals surface area (Å²) in [5.74, 6) is 0.875. The van der Waals surface area contributed by atoms with Crippen LogP contribution in [0.15, 0.2) is 52.4 Å². The number of halogens is 2. The molecule has 0 unspecified atom stereocenters. The number of aromatic nitrogens is 1. The minimum Gasteiger partial charge on any atom is -0.370 e. The summed E-state index contributed by atoms with van der Waals surface area (Å²) in [5, 5.41) is 8.51. The van der Waals surface area contributed by atoms with Gasteiger partial charge in [-0.3, -0.25) is 9.98 Å². The summed E-state index contributed by atoms with van der Waals surface area (Å²) in [6.45, 7) is 5.90. The molecule has 36 heavy (non-hydrogen) atoms. The number of guanidine groups is 2. The maximum atomic E-state index is 6.07. The normalized spacial score (nSPS) is 11.7. The van der Waals surface area contributed by atoms with Crippen LogP contribution in [0.4, 0.5) is 11.4 Å². The molecule has 0 atom stereocenters. The van der Waals surface area contributed by atoms with Crippen LogP contribution in [0.3, 0.4) is 0 Å². The third-order valence-corrected chi connectivity index (χ3v) is 5.75.